The molecule has 2 amide bonds. The Balaban J connectivity index is 1.52. The number of amides is 2. The number of carbonyl (C=O) groups excluding carboxylic acids is 2. The molecule has 7 nitrogen and oxygen atoms in total. The van der Waals surface area contributed by atoms with E-state index in [4.69, 9.17) is 16.3 Å². The zero-order valence-electron chi connectivity index (χ0n) is 22.4. The fourth-order valence-electron chi connectivity index (χ4n) is 4.69. The Labute approximate surface area is 235 Å². The van der Waals surface area contributed by atoms with Crippen LogP contribution in [0.25, 0.3) is 0 Å². The summed E-state index contributed by atoms with van der Waals surface area (Å²) in [5.74, 6) is 0.217. The summed E-state index contributed by atoms with van der Waals surface area (Å²) in [5, 5.41) is 18.1. The van der Waals surface area contributed by atoms with Gasteiger partial charge in [-0.3, -0.25) is 9.59 Å². The summed E-state index contributed by atoms with van der Waals surface area (Å²) in [7, 11) is 0. The van der Waals surface area contributed by atoms with Crippen molar-refractivity contribution in [2.45, 2.75) is 57.9 Å². The van der Waals surface area contributed by atoms with Crippen LogP contribution in [0.4, 0.5) is 5.69 Å². The van der Waals surface area contributed by atoms with Crippen LogP contribution in [-0.2, 0) is 17.8 Å². The van der Waals surface area contributed by atoms with Crippen LogP contribution < -0.4 is 20.3 Å². The van der Waals surface area contributed by atoms with E-state index in [1.165, 1.54) is 0 Å². The lowest BCUT2D eigenvalue weighted by Crippen LogP contribution is -2.48. The minimum Gasteiger partial charge on any atom is -0.491 e. The number of ether oxygens (including phenoxy) is 1. The molecule has 3 aromatic rings. The predicted octanol–water partition coefficient (Wildman–Crippen LogP) is 4.75. The molecule has 206 valence electrons. The second kappa shape index (κ2) is 13.6. The first-order chi connectivity index (χ1) is 18.8. The fourth-order valence-corrected chi connectivity index (χ4v) is 4.90. The van der Waals surface area contributed by atoms with Crippen molar-refractivity contribution in [1.29, 1.82) is 0 Å². The minimum atomic E-state index is -0.858. The summed E-state index contributed by atoms with van der Waals surface area (Å²) in [5.41, 5.74) is 3.02. The first kappa shape index (κ1) is 28.6. The molecule has 0 spiro atoms. The number of hydrogen-bond acceptors (Lipinski definition) is 5. The number of nitrogens with zero attached hydrogens (tertiary/aromatic N) is 1. The van der Waals surface area contributed by atoms with Gasteiger partial charge in [-0.25, -0.2) is 0 Å². The molecule has 2 atom stereocenters. The van der Waals surface area contributed by atoms with E-state index in [9.17, 15) is 14.7 Å². The molecule has 1 heterocycles. The third-order valence-corrected chi connectivity index (χ3v) is 6.80. The summed E-state index contributed by atoms with van der Waals surface area (Å²) < 4.78 is 5.91. The van der Waals surface area contributed by atoms with Gasteiger partial charge in [0.25, 0.3) is 5.91 Å². The van der Waals surface area contributed by atoms with Crippen LogP contribution in [0.15, 0.2) is 72.8 Å². The Bertz CT molecular complexity index is 1270. The molecule has 4 rings (SSSR count). The van der Waals surface area contributed by atoms with Gasteiger partial charge in [0.15, 0.2) is 0 Å². The number of rotatable bonds is 12. The van der Waals surface area contributed by atoms with Crippen molar-refractivity contribution in [3.8, 4) is 5.75 Å². The number of carbonyl (C=O) groups is 2. The molecule has 0 saturated carbocycles. The molecule has 0 aliphatic carbocycles. The van der Waals surface area contributed by atoms with Crippen molar-refractivity contribution < 1.29 is 19.4 Å². The molecule has 1 fully saturated rings. The van der Waals surface area contributed by atoms with E-state index in [-0.39, 0.29) is 24.5 Å². The first-order valence-electron chi connectivity index (χ1n) is 13.4. The molecule has 1 aliphatic rings. The molecule has 1 aliphatic heterocycles. The van der Waals surface area contributed by atoms with Crippen LogP contribution in [0, 0.1) is 0 Å². The Kier molecular flexibility index (Phi) is 9.98. The largest absolute Gasteiger partial charge is 0.491 e. The lowest BCUT2D eigenvalue weighted by Gasteiger charge is -2.26. The van der Waals surface area contributed by atoms with Crippen LogP contribution in [-0.4, -0.2) is 48.3 Å². The maximum Gasteiger partial charge on any atom is 0.251 e. The lowest BCUT2D eigenvalue weighted by molar-refractivity contribution is -0.117. The normalized spacial score (nSPS) is 14.9. The Morgan fingerprint density at radius 3 is 2.51 bits per heavy atom. The van der Waals surface area contributed by atoms with E-state index < -0.39 is 12.1 Å². The molecular weight excluding hydrogens is 514 g/mol. The second-order valence-electron chi connectivity index (χ2n) is 10.1. The monoisotopic (exact) mass is 549 g/mol. The number of benzene rings is 3. The van der Waals surface area contributed by atoms with Gasteiger partial charge in [0.1, 0.15) is 5.75 Å². The highest BCUT2D eigenvalue weighted by Crippen LogP contribution is 2.28. The van der Waals surface area contributed by atoms with E-state index >= 15 is 0 Å². The summed E-state index contributed by atoms with van der Waals surface area (Å²) >= 11 is 6.09. The Hall–Kier alpha value is -3.39. The van der Waals surface area contributed by atoms with E-state index in [0.29, 0.717) is 48.0 Å². The third-order valence-electron chi connectivity index (χ3n) is 6.56. The molecular formula is C31H36ClN3O4. The van der Waals surface area contributed by atoms with E-state index in [1.807, 2.05) is 68.4 Å². The highest BCUT2D eigenvalue weighted by Gasteiger charge is 2.26. The van der Waals surface area contributed by atoms with E-state index in [0.717, 1.165) is 17.5 Å². The summed E-state index contributed by atoms with van der Waals surface area (Å²) in [6.07, 6.45) is 0.770. The number of halogens is 1. The van der Waals surface area contributed by atoms with E-state index in [1.54, 1.807) is 23.1 Å². The van der Waals surface area contributed by atoms with Crippen LogP contribution in [0.1, 0.15) is 48.2 Å². The summed E-state index contributed by atoms with van der Waals surface area (Å²) in [4.78, 5) is 27.7. The van der Waals surface area contributed by atoms with Crippen LogP contribution >= 0.6 is 11.6 Å². The first-order valence-corrected chi connectivity index (χ1v) is 13.8. The molecule has 0 unspecified atom stereocenters. The van der Waals surface area contributed by atoms with Gasteiger partial charge < -0.3 is 25.4 Å². The number of nitrogens with one attached hydrogen (secondary N) is 2. The quantitative estimate of drug-likeness (QED) is 0.303. The van der Waals surface area contributed by atoms with Gasteiger partial charge in [0.05, 0.1) is 18.2 Å². The van der Waals surface area contributed by atoms with Gasteiger partial charge in [-0.05, 0) is 62.1 Å². The van der Waals surface area contributed by atoms with Crippen molar-refractivity contribution >= 4 is 29.1 Å². The van der Waals surface area contributed by atoms with Gasteiger partial charge >= 0.3 is 0 Å². The molecule has 39 heavy (non-hydrogen) atoms. The SMILES string of the molecule is CC(C)Oc1cc(C(=O)N[C@@H](Cc2ccccc2)[C@@H](O)CNCc2cccc(Cl)c2)cc(N2CCCC2=O)c1. The molecule has 1 saturated heterocycles. The minimum absolute atomic E-state index is 0.0335. The van der Waals surface area contributed by atoms with Gasteiger partial charge in [-0.1, -0.05) is 54.1 Å². The van der Waals surface area contributed by atoms with Gasteiger partial charge in [0, 0.05) is 48.4 Å². The van der Waals surface area contributed by atoms with Crippen molar-refractivity contribution in [1.82, 2.24) is 10.6 Å². The van der Waals surface area contributed by atoms with Crippen molar-refractivity contribution in [2.75, 3.05) is 18.0 Å². The highest BCUT2D eigenvalue weighted by atomic mass is 35.5. The molecule has 3 N–H and O–H groups in total. The smallest absolute Gasteiger partial charge is 0.251 e. The standard InChI is InChI=1S/C31H36ClN3O4/c1-21(2)39-27-17-24(16-26(18-27)35-13-7-12-30(35)37)31(38)34-28(15-22-8-4-3-5-9-22)29(36)20-33-19-23-10-6-11-25(32)14-23/h3-6,8-11,14,16-18,21,28-29,33,36H,7,12-13,15,19-20H2,1-2H3,(H,34,38)/t28-,29-/m0/s1. The second-order valence-corrected chi connectivity index (χ2v) is 10.6. The summed E-state index contributed by atoms with van der Waals surface area (Å²) in [6.45, 7) is 5.24. The Morgan fingerprint density at radius 1 is 1.05 bits per heavy atom. The number of anilines is 1. The predicted molar refractivity (Wildman–Crippen MR) is 154 cm³/mol. The van der Waals surface area contributed by atoms with Crippen molar-refractivity contribution in [2.24, 2.45) is 0 Å². The maximum absolute atomic E-state index is 13.6. The van der Waals surface area contributed by atoms with Crippen molar-refractivity contribution in [3.05, 3.63) is 94.5 Å². The summed E-state index contributed by atoms with van der Waals surface area (Å²) in [6, 6.07) is 21.9. The molecule has 8 heteroatoms. The Morgan fingerprint density at radius 2 is 1.82 bits per heavy atom. The average Bonchev–Trinajstić information content (AvgIpc) is 3.34. The zero-order chi connectivity index (χ0) is 27.8. The lowest BCUT2D eigenvalue weighted by atomic mass is 10.00. The molecule has 3 aromatic carbocycles. The van der Waals surface area contributed by atoms with Gasteiger partial charge in [-0.15, -0.1) is 0 Å². The zero-order valence-corrected chi connectivity index (χ0v) is 23.2. The van der Waals surface area contributed by atoms with Gasteiger partial charge in [-0.2, -0.15) is 0 Å². The topological polar surface area (TPSA) is 90.9 Å². The van der Waals surface area contributed by atoms with E-state index in [2.05, 4.69) is 10.6 Å². The van der Waals surface area contributed by atoms with Crippen LogP contribution in [0.3, 0.4) is 0 Å². The number of aliphatic hydroxyl groups is 1. The average molecular weight is 550 g/mol. The fraction of sp³-hybridized carbons (Fsp3) is 0.355. The van der Waals surface area contributed by atoms with Crippen LogP contribution in [0.2, 0.25) is 5.02 Å². The van der Waals surface area contributed by atoms with Crippen molar-refractivity contribution in [3.63, 3.8) is 0 Å². The maximum atomic E-state index is 13.6. The molecule has 0 aromatic heterocycles. The number of aliphatic hydroxyl groups excluding tert-OH is 1. The van der Waals surface area contributed by atoms with Gasteiger partial charge in [0.2, 0.25) is 5.91 Å². The molecule has 0 bridgehead atoms. The molecule has 0 radical (unpaired) electrons. The highest BCUT2D eigenvalue weighted by molar-refractivity contribution is 6.30. The number of hydrogen-bond donors (Lipinski definition) is 3. The third kappa shape index (κ3) is 8.30. The van der Waals surface area contributed by atoms with Crippen LogP contribution in [0.5, 0.6) is 5.75 Å².